The molecule has 4 rings (SSSR count). The van der Waals surface area contributed by atoms with E-state index in [0.717, 1.165) is 56.3 Å². The van der Waals surface area contributed by atoms with E-state index in [4.69, 9.17) is 4.74 Å². The predicted octanol–water partition coefficient (Wildman–Crippen LogP) is 2.98. The largest absolute Gasteiger partial charge is 0.385 e. The van der Waals surface area contributed by atoms with E-state index in [-0.39, 0.29) is 35.7 Å². The Morgan fingerprint density at radius 3 is 2.78 bits per heavy atom. The molecule has 7 nitrogen and oxygen atoms in total. The molecule has 3 N–H and O–H groups in total. The normalized spacial score (nSPS) is 25.0. The number of nitrogens with one attached hydrogen (secondary N) is 3. The molecule has 2 fully saturated rings. The van der Waals surface area contributed by atoms with Crippen molar-refractivity contribution in [3.8, 4) is 0 Å². The molecule has 1 aromatic rings. The van der Waals surface area contributed by atoms with Crippen molar-refractivity contribution in [2.45, 2.75) is 83.4 Å². The van der Waals surface area contributed by atoms with Gasteiger partial charge >= 0.3 is 0 Å². The summed E-state index contributed by atoms with van der Waals surface area (Å²) in [5, 5.41) is 9.24. The van der Waals surface area contributed by atoms with Crippen LogP contribution >= 0.6 is 0 Å². The quantitative estimate of drug-likeness (QED) is 0.605. The van der Waals surface area contributed by atoms with Gasteiger partial charge in [0, 0.05) is 17.8 Å². The molecule has 1 aliphatic carbocycles. The lowest BCUT2D eigenvalue weighted by Crippen LogP contribution is -2.54. The summed E-state index contributed by atoms with van der Waals surface area (Å²) in [7, 11) is 0. The summed E-state index contributed by atoms with van der Waals surface area (Å²) in [4.78, 5) is 38.7. The van der Waals surface area contributed by atoms with E-state index in [0.29, 0.717) is 18.4 Å². The fourth-order valence-electron chi connectivity index (χ4n) is 5.36. The molecule has 3 atom stereocenters. The number of benzene rings is 1. The molecule has 0 aromatic heterocycles. The number of amides is 2. The highest BCUT2D eigenvalue weighted by Gasteiger charge is 2.40. The van der Waals surface area contributed by atoms with Crippen LogP contribution in [0.4, 0.5) is 5.69 Å². The van der Waals surface area contributed by atoms with E-state index < -0.39 is 12.1 Å². The molecule has 0 bridgehead atoms. The summed E-state index contributed by atoms with van der Waals surface area (Å²) >= 11 is 0. The van der Waals surface area contributed by atoms with Crippen molar-refractivity contribution in [1.29, 1.82) is 0 Å². The molecule has 0 spiro atoms. The zero-order valence-electron chi connectivity index (χ0n) is 19.2. The number of fused-ring (bicyclic) bond motifs is 1. The predicted molar refractivity (Wildman–Crippen MR) is 123 cm³/mol. The molecule has 2 amide bonds. The van der Waals surface area contributed by atoms with Crippen LogP contribution < -0.4 is 16.0 Å². The lowest BCUT2D eigenvalue weighted by Gasteiger charge is -2.30. The molecule has 1 saturated heterocycles. The number of hydrogen-bond donors (Lipinski definition) is 3. The minimum atomic E-state index is -0.689. The zero-order valence-corrected chi connectivity index (χ0v) is 19.2. The smallest absolute Gasteiger partial charge is 0.251 e. The second kappa shape index (κ2) is 9.61. The Morgan fingerprint density at radius 2 is 2.03 bits per heavy atom. The Balaban J connectivity index is 1.50. The number of aryl methyl sites for hydroxylation is 1. The second-order valence-corrected chi connectivity index (χ2v) is 9.86. The van der Waals surface area contributed by atoms with Crippen molar-refractivity contribution in [3.05, 3.63) is 29.3 Å². The third-order valence-corrected chi connectivity index (χ3v) is 7.29. The van der Waals surface area contributed by atoms with Gasteiger partial charge in [-0.2, -0.15) is 0 Å². The van der Waals surface area contributed by atoms with Crippen LogP contribution in [-0.2, 0) is 20.7 Å². The first-order valence-electron chi connectivity index (χ1n) is 12.0. The average molecular weight is 442 g/mol. The molecule has 0 radical (unpaired) electrons. The summed E-state index contributed by atoms with van der Waals surface area (Å²) in [5.74, 6) is -0.654. The van der Waals surface area contributed by atoms with E-state index in [1.165, 1.54) is 0 Å². The highest BCUT2D eigenvalue weighted by Crippen LogP contribution is 2.41. The first kappa shape index (κ1) is 22.8. The fraction of sp³-hybridized carbons (Fsp3) is 0.640. The molecule has 1 aromatic carbocycles. The van der Waals surface area contributed by atoms with Crippen LogP contribution in [0.2, 0.25) is 0 Å². The minimum Gasteiger partial charge on any atom is -0.385 e. The van der Waals surface area contributed by atoms with Gasteiger partial charge in [-0.25, -0.2) is 0 Å². The van der Waals surface area contributed by atoms with Crippen molar-refractivity contribution in [2.24, 2.45) is 5.41 Å². The molecule has 174 valence electrons. The summed E-state index contributed by atoms with van der Waals surface area (Å²) < 4.78 is 5.51. The van der Waals surface area contributed by atoms with Crippen LogP contribution in [0, 0.1) is 5.41 Å². The van der Waals surface area contributed by atoms with E-state index in [2.05, 4.69) is 22.9 Å². The first-order chi connectivity index (χ1) is 15.4. The number of ether oxygens (including phenoxy) is 1. The molecule has 7 heteroatoms. The maximum absolute atomic E-state index is 13.3. The fourth-order valence-corrected chi connectivity index (χ4v) is 5.36. The number of carbonyl (C=O) groups excluding carboxylic acids is 3. The van der Waals surface area contributed by atoms with Crippen LogP contribution in [0.25, 0.3) is 0 Å². The molecule has 2 heterocycles. The van der Waals surface area contributed by atoms with Crippen LogP contribution in [0.3, 0.4) is 0 Å². The lowest BCUT2D eigenvalue weighted by molar-refractivity contribution is -0.128. The van der Waals surface area contributed by atoms with Crippen molar-refractivity contribution < 1.29 is 19.1 Å². The Bertz CT molecular complexity index is 878. The third-order valence-electron chi connectivity index (χ3n) is 7.29. The number of rotatable bonds is 7. The number of ketones is 1. The SMILES string of the molecule is CC[C@@H]1OCC(=O)[C@H]1NC(=O)[C@H](CC1(C)CCCC1)NC(=O)c1ccc2c(c1)CCCN2. The van der Waals surface area contributed by atoms with Gasteiger partial charge in [-0.1, -0.05) is 26.7 Å². The van der Waals surface area contributed by atoms with Gasteiger partial charge in [-0.05, 0) is 67.7 Å². The lowest BCUT2D eigenvalue weighted by atomic mass is 9.81. The first-order valence-corrected chi connectivity index (χ1v) is 12.0. The van der Waals surface area contributed by atoms with Gasteiger partial charge in [-0.3, -0.25) is 14.4 Å². The third kappa shape index (κ3) is 4.98. The number of hydrogen-bond acceptors (Lipinski definition) is 5. The zero-order chi connectivity index (χ0) is 22.7. The maximum Gasteiger partial charge on any atom is 0.251 e. The van der Waals surface area contributed by atoms with Gasteiger partial charge in [-0.15, -0.1) is 0 Å². The summed E-state index contributed by atoms with van der Waals surface area (Å²) in [5.41, 5.74) is 2.78. The average Bonchev–Trinajstić information content (AvgIpc) is 3.38. The van der Waals surface area contributed by atoms with E-state index in [1.807, 2.05) is 19.1 Å². The van der Waals surface area contributed by atoms with Gasteiger partial charge in [0.2, 0.25) is 5.91 Å². The Kier molecular flexibility index (Phi) is 6.84. The Morgan fingerprint density at radius 1 is 1.25 bits per heavy atom. The Labute approximate surface area is 190 Å². The summed E-state index contributed by atoms with van der Waals surface area (Å²) in [6.45, 7) is 5.10. The number of Topliss-reactive ketones (excluding diaryl/α,β-unsaturated/α-hetero) is 1. The summed E-state index contributed by atoms with van der Waals surface area (Å²) in [6.07, 6.45) is 7.25. The maximum atomic E-state index is 13.3. The van der Waals surface area contributed by atoms with E-state index in [1.54, 1.807) is 6.07 Å². The van der Waals surface area contributed by atoms with Gasteiger partial charge < -0.3 is 20.7 Å². The van der Waals surface area contributed by atoms with Crippen LogP contribution in [0.15, 0.2) is 18.2 Å². The van der Waals surface area contributed by atoms with E-state index >= 15 is 0 Å². The van der Waals surface area contributed by atoms with Crippen LogP contribution in [0.1, 0.15) is 74.7 Å². The van der Waals surface area contributed by atoms with Crippen LogP contribution in [0.5, 0.6) is 0 Å². The molecule has 1 saturated carbocycles. The van der Waals surface area contributed by atoms with Crippen molar-refractivity contribution in [1.82, 2.24) is 10.6 Å². The van der Waals surface area contributed by atoms with Gasteiger partial charge in [0.25, 0.3) is 5.91 Å². The molecule has 32 heavy (non-hydrogen) atoms. The molecular weight excluding hydrogens is 406 g/mol. The second-order valence-electron chi connectivity index (χ2n) is 9.86. The van der Waals surface area contributed by atoms with Gasteiger partial charge in [0.1, 0.15) is 18.7 Å². The van der Waals surface area contributed by atoms with Crippen molar-refractivity contribution in [2.75, 3.05) is 18.5 Å². The van der Waals surface area contributed by atoms with Crippen molar-refractivity contribution in [3.63, 3.8) is 0 Å². The van der Waals surface area contributed by atoms with Gasteiger partial charge in [0.05, 0.1) is 6.10 Å². The molecule has 0 unspecified atom stereocenters. The molecule has 2 aliphatic heterocycles. The van der Waals surface area contributed by atoms with Gasteiger partial charge in [0.15, 0.2) is 5.78 Å². The highest BCUT2D eigenvalue weighted by atomic mass is 16.5. The molecular formula is C25H35N3O4. The van der Waals surface area contributed by atoms with E-state index in [9.17, 15) is 14.4 Å². The highest BCUT2D eigenvalue weighted by molar-refractivity contribution is 5.99. The minimum absolute atomic E-state index is 0.00933. The van der Waals surface area contributed by atoms with Crippen molar-refractivity contribution >= 4 is 23.3 Å². The monoisotopic (exact) mass is 441 g/mol. The standard InChI is InChI=1S/C25H35N3O4/c1-3-21-22(20(29)15-32-21)28-24(31)19(14-25(2)10-4-5-11-25)27-23(30)17-8-9-18-16(13-17)7-6-12-26-18/h8-9,13,19,21-22,26H,3-7,10-12,14-15H2,1-2H3,(H,27,30)(H,28,31)/t19-,21-,22+/m0/s1. The van der Waals surface area contributed by atoms with Crippen LogP contribution in [-0.4, -0.2) is 48.9 Å². The number of carbonyl (C=O) groups is 3. The number of anilines is 1. The topological polar surface area (TPSA) is 96.5 Å². The Hall–Kier alpha value is -2.41. The molecule has 3 aliphatic rings. The summed E-state index contributed by atoms with van der Waals surface area (Å²) in [6, 6.07) is 4.34.